The van der Waals surface area contributed by atoms with Gasteiger partial charge in [0.25, 0.3) is 0 Å². The lowest BCUT2D eigenvalue weighted by molar-refractivity contribution is 0.245. The molecule has 6 rings (SSSR count). The van der Waals surface area contributed by atoms with E-state index in [4.69, 9.17) is 4.98 Å². The Bertz CT molecular complexity index is 1660. The van der Waals surface area contributed by atoms with Crippen LogP contribution in [-0.2, 0) is 13.6 Å². The number of hydrogen-bond donors (Lipinski definition) is 0. The number of nitrogens with zero attached hydrogens (tertiary/aromatic N) is 8. The number of halogens is 2. The summed E-state index contributed by atoms with van der Waals surface area (Å²) in [7, 11) is 1.87. The van der Waals surface area contributed by atoms with Gasteiger partial charge in [-0.1, -0.05) is 0 Å². The second-order valence-corrected chi connectivity index (χ2v) is 9.38. The van der Waals surface area contributed by atoms with Gasteiger partial charge in [0.1, 0.15) is 34.9 Å². The maximum absolute atomic E-state index is 14.0. The van der Waals surface area contributed by atoms with Gasteiger partial charge in [-0.3, -0.25) is 14.0 Å². The zero-order valence-corrected chi connectivity index (χ0v) is 20.7. The average Bonchev–Trinajstić information content (AvgIpc) is 3.57. The number of anilines is 1. The molecule has 0 amide bonds. The highest BCUT2D eigenvalue weighted by Crippen LogP contribution is 2.30. The number of benzene rings is 1. The van der Waals surface area contributed by atoms with Gasteiger partial charge in [0.15, 0.2) is 0 Å². The molecular weight excluding hydrogens is 486 g/mol. The van der Waals surface area contributed by atoms with E-state index in [1.54, 1.807) is 17.1 Å². The maximum atomic E-state index is 14.0. The summed E-state index contributed by atoms with van der Waals surface area (Å²) in [5.41, 5.74) is 5.08. The van der Waals surface area contributed by atoms with E-state index in [1.807, 2.05) is 48.1 Å². The summed E-state index contributed by atoms with van der Waals surface area (Å²) in [4.78, 5) is 13.5. The maximum Gasteiger partial charge on any atom is 0.145 e. The molecule has 0 atom stereocenters. The van der Waals surface area contributed by atoms with Crippen molar-refractivity contribution in [2.45, 2.75) is 6.54 Å². The average molecular weight is 511 g/mol. The molecule has 190 valence electrons. The van der Waals surface area contributed by atoms with Gasteiger partial charge in [-0.2, -0.15) is 10.4 Å². The largest absolute Gasteiger partial charge is 0.354 e. The molecule has 10 heteroatoms. The standard InChI is InChI=1S/C28H24F2N8/c1-35-17-22(15-34-35)20-11-26(38-24(13-31)16-33-28(38)12-20)19-2-5-27(32-14-19)37-8-6-36(7-9-37)18-21-10-23(29)3-4-25(21)30/h2-5,10-12,14-17H,6-9,18H2,1H3. The lowest BCUT2D eigenvalue weighted by Crippen LogP contribution is -2.46. The molecule has 5 heterocycles. The Morgan fingerprint density at radius 3 is 2.45 bits per heavy atom. The normalized spacial score (nSPS) is 14.2. The molecule has 8 nitrogen and oxygen atoms in total. The number of imidazole rings is 1. The van der Waals surface area contributed by atoms with Gasteiger partial charge in [-0.25, -0.2) is 18.7 Å². The van der Waals surface area contributed by atoms with Crippen molar-refractivity contribution in [2.75, 3.05) is 31.1 Å². The minimum absolute atomic E-state index is 0.372. The summed E-state index contributed by atoms with van der Waals surface area (Å²) >= 11 is 0. The fourth-order valence-electron chi connectivity index (χ4n) is 4.91. The van der Waals surface area contributed by atoms with Crippen molar-refractivity contribution in [3.63, 3.8) is 0 Å². The van der Waals surface area contributed by atoms with Gasteiger partial charge in [-0.05, 0) is 48.0 Å². The Kier molecular flexibility index (Phi) is 6.05. The van der Waals surface area contributed by atoms with Crippen LogP contribution in [0.1, 0.15) is 11.3 Å². The molecule has 1 aliphatic rings. The van der Waals surface area contributed by atoms with Crippen molar-refractivity contribution in [3.8, 4) is 28.5 Å². The van der Waals surface area contributed by atoms with Gasteiger partial charge in [0, 0.05) is 68.9 Å². The second kappa shape index (κ2) is 9.68. The number of pyridine rings is 2. The van der Waals surface area contributed by atoms with Crippen LogP contribution >= 0.6 is 0 Å². The molecule has 5 aromatic rings. The van der Waals surface area contributed by atoms with Crippen LogP contribution in [0.3, 0.4) is 0 Å². The first-order valence-corrected chi connectivity index (χ1v) is 12.3. The quantitative estimate of drug-likeness (QED) is 0.352. The fraction of sp³-hybridized carbons (Fsp3) is 0.214. The van der Waals surface area contributed by atoms with Gasteiger partial charge >= 0.3 is 0 Å². The van der Waals surface area contributed by atoms with Crippen molar-refractivity contribution in [3.05, 3.63) is 90.1 Å². The monoisotopic (exact) mass is 510 g/mol. The molecule has 38 heavy (non-hydrogen) atoms. The molecule has 0 spiro atoms. The Morgan fingerprint density at radius 2 is 1.74 bits per heavy atom. The first-order chi connectivity index (χ1) is 18.5. The predicted octanol–water partition coefficient (Wildman–Crippen LogP) is 4.27. The van der Waals surface area contributed by atoms with E-state index in [2.05, 4.69) is 26.0 Å². The van der Waals surface area contributed by atoms with Crippen molar-refractivity contribution in [1.29, 1.82) is 5.26 Å². The summed E-state index contributed by atoms with van der Waals surface area (Å²) in [5, 5.41) is 13.9. The SMILES string of the molecule is Cn1cc(-c2cc(-c3ccc(N4CCN(Cc5cc(F)ccc5F)CC4)nc3)n3c(C#N)cnc3c2)cn1. The third-order valence-corrected chi connectivity index (χ3v) is 6.90. The molecule has 0 bridgehead atoms. The highest BCUT2D eigenvalue weighted by molar-refractivity contribution is 5.75. The van der Waals surface area contributed by atoms with E-state index in [0.717, 1.165) is 47.4 Å². The minimum atomic E-state index is -0.426. The molecule has 0 aliphatic carbocycles. The summed E-state index contributed by atoms with van der Waals surface area (Å²) in [5.74, 6) is 0.0338. The van der Waals surface area contributed by atoms with Crippen molar-refractivity contribution < 1.29 is 8.78 Å². The van der Waals surface area contributed by atoms with Crippen LogP contribution in [0.5, 0.6) is 0 Å². The molecule has 0 saturated carbocycles. The first kappa shape index (κ1) is 23.8. The molecule has 0 N–H and O–H groups in total. The first-order valence-electron chi connectivity index (χ1n) is 12.3. The Morgan fingerprint density at radius 1 is 0.895 bits per heavy atom. The summed E-state index contributed by atoms with van der Waals surface area (Å²) in [6.07, 6.45) is 7.12. The molecular formula is C28H24F2N8. The number of piperazine rings is 1. The van der Waals surface area contributed by atoms with Crippen LogP contribution in [0.25, 0.3) is 28.0 Å². The van der Waals surface area contributed by atoms with Crippen LogP contribution in [0, 0.1) is 23.0 Å². The van der Waals surface area contributed by atoms with Crippen LogP contribution in [0.4, 0.5) is 14.6 Å². The lowest BCUT2D eigenvalue weighted by atomic mass is 10.1. The predicted molar refractivity (Wildman–Crippen MR) is 139 cm³/mol. The summed E-state index contributed by atoms with van der Waals surface area (Å²) in [6.45, 7) is 3.26. The number of hydrogen-bond acceptors (Lipinski definition) is 6. The molecule has 1 saturated heterocycles. The van der Waals surface area contributed by atoms with Crippen LogP contribution < -0.4 is 4.90 Å². The van der Waals surface area contributed by atoms with E-state index in [0.29, 0.717) is 36.5 Å². The zero-order chi connectivity index (χ0) is 26.2. The smallest absolute Gasteiger partial charge is 0.145 e. The van der Waals surface area contributed by atoms with Crippen molar-refractivity contribution in [1.82, 2.24) is 29.0 Å². The van der Waals surface area contributed by atoms with Gasteiger partial charge in [-0.15, -0.1) is 0 Å². The van der Waals surface area contributed by atoms with E-state index < -0.39 is 5.82 Å². The van der Waals surface area contributed by atoms with E-state index >= 15 is 0 Å². The highest BCUT2D eigenvalue weighted by atomic mass is 19.1. The van der Waals surface area contributed by atoms with E-state index in [9.17, 15) is 14.0 Å². The molecule has 1 fully saturated rings. The summed E-state index contributed by atoms with van der Waals surface area (Å²) in [6, 6.07) is 13.7. The molecule has 4 aromatic heterocycles. The Labute approximate surface area is 218 Å². The molecule has 1 aromatic carbocycles. The van der Waals surface area contributed by atoms with Crippen molar-refractivity contribution in [2.24, 2.45) is 7.05 Å². The summed E-state index contributed by atoms with van der Waals surface area (Å²) < 4.78 is 31.2. The zero-order valence-electron chi connectivity index (χ0n) is 20.7. The highest BCUT2D eigenvalue weighted by Gasteiger charge is 2.20. The third-order valence-electron chi connectivity index (χ3n) is 6.90. The van der Waals surface area contributed by atoms with Crippen LogP contribution in [0.2, 0.25) is 0 Å². The molecule has 0 unspecified atom stereocenters. The fourth-order valence-corrected chi connectivity index (χ4v) is 4.91. The number of rotatable bonds is 5. The van der Waals surface area contributed by atoms with Gasteiger partial charge < -0.3 is 4.90 Å². The Balaban J connectivity index is 1.23. The van der Waals surface area contributed by atoms with E-state index in [1.165, 1.54) is 12.1 Å². The topological polar surface area (TPSA) is 78.3 Å². The molecule has 1 aliphatic heterocycles. The van der Waals surface area contributed by atoms with Crippen LogP contribution in [-0.4, -0.2) is 55.2 Å². The van der Waals surface area contributed by atoms with E-state index in [-0.39, 0.29) is 5.82 Å². The second-order valence-electron chi connectivity index (χ2n) is 9.38. The van der Waals surface area contributed by atoms with Gasteiger partial charge in [0.2, 0.25) is 0 Å². The van der Waals surface area contributed by atoms with Crippen LogP contribution in [0.15, 0.2) is 67.3 Å². The number of aryl methyl sites for hydroxylation is 1. The third kappa shape index (κ3) is 4.48. The Hall–Kier alpha value is -4.62. The van der Waals surface area contributed by atoms with Crippen molar-refractivity contribution >= 4 is 11.5 Å². The number of aromatic nitrogens is 5. The lowest BCUT2D eigenvalue weighted by Gasteiger charge is -2.35. The number of nitriles is 1. The molecule has 0 radical (unpaired) electrons. The number of fused-ring (bicyclic) bond motifs is 1. The minimum Gasteiger partial charge on any atom is -0.354 e. The van der Waals surface area contributed by atoms with Gasteiger partial charge in [0.05, 0.1) is 18.1 Å².